The van der Waals surface area contributed by atoms with Gasteiger partial charge in [0.15, 0.2) is 9.84 Å². The van der Waals surface area contributed by atoms with E-state index in [0.717, 1.165) is 26.2 Å². The highest BCUT2D eigenvalue weighted by Crippen LogP contribution is 2.21. The fraction of sp³-hybridized carbons (Fsp3) is 0.389. The van der Waals surface area contributed by atoms with Crippen LogP contribution in [0, 0.1) is 0 Å². The normalized spacial score (nSPS) is 18.1. The Bertz CT molecular complexity index is 802. The second-order valence-electron chi connectivity index (χ2n) is 6.14. The zero-order valence-corrected chi connectivity index (χ0v) is 16.3. The van der Waals surface area contributed by atoms with Crippen molar-refractivity contribution in [2.45, 2.75) is 10.9 Å². The van der Waals surface area contributed by atoms with Gasteiger partial charge in [-0.1, -0.05) is 12.1 Å². The van der Waals surface area contributed by atoms with E-state index >= 15 is 0 Å². The van der Waals surface area contributed by atoms with E-state index in [1.807, 2.05) is 12.3 Å². The molecule has 1 aromatic carbocycles. The first kappa shape index (κ1) is 20.6. The van der Waals surface area contributed by atoms with E-state index < -0.39 is 9.84 Å². The molecule has 0 bridgehead atoms. The average Bonchev–Trinajstić information content (AvgIpc) is 2.62. The van der Waals surface area contributed by atoms with Gasteiger partial charge in [-0.3, -0.25) is 9.88 Å². The minimum absolute atomic E-state index is 0. The van der Waals surface area contributed by atoms with E-state index in [2.05, 4.69) is 21.3 Å². The highest BCUT2D eigenvalue weighted by atomic mass is 35.5. The predicted molar refractivity (Wildman–Crippen MR) is 104 cm³/mol. The van der Waals surface area contributed by atoms with Crippen LogP contribution in [-0.2, 0) is 9.84 Å². The summed E-state index contributed by atoms with van der Waals surface area (Å²) in [5.41, 5.74) is 1.19. The van der Waals surface area contributed by atoms with Crippen LogP contribution in [0.2, 0.25) is 0 Å². The Hall–Kier alpha value is -1.67. The Morgan fingerprint density at radius 3 is 2.88 bits per heavy atom. The molecule has 26 heavy (non-hydrogen) atoms. The zero-order valence-electron chi connectivity index (χ0n) is 14.7. The fourth-order valence-corrected chi connectivity index (χ4v) is 3.65. The number of sulfone groups is 1. The lowest BCUT2D eigenvalue weighted by molar-refractivity contribution is 0.133. The van der Waals surface area contributed by atoms with Gasteiger partial charge in [0.25, 0.3) is 0 Å². The molecule has 0 amide bonds. The number of hydrogen-bond acceptors (Lipinski definition) is 6. The second kappa shape index (κ2) is 9.32. The van der Waals surface area contributed by atoms with Crippen molar-refractivity contribution in [3.05, 3.63) is 54.4 Å². The van der Waals surface area contributed by atoms with Gasteiger partial charge in [-0.25, -0.2) is 8.42 Å². The highest BCUT2D eigenvalue weighted by Gasteiger charge is 2.23. The summed E-state index contributed by atoms with van der Waals surface area (Å²) in [7, 11) is -3.22. The maximum Gasteiger partial charge on any atom is 0.175 e. The summed E-state index contributed by atoms with van der Waals surface area (Å²) in [4.78, 5) is 6.86. The molecule has 1 aromatic heterocycles. The second-order valence-corrected chi connectivity index (χ2v) is 8.15. The van der Waals surface area contributed by atoms with Crippen LogP contribution in [0.3, 0.4) is 0 Å². The molecule has 1 fully saturated rings. The van der Waals surface area contributed by atoms with E-state index in [-0.39, 0.29) is 23.3 Å². The third-order valence-electron chi connectivity index (χ3n) is 4.30. The molecule has 1 unspecified atom stereocenters. The Morgan fingerprint density at radius 2 is 2.15 bits per heavy atom. The van der Waals surface area contributed by atoms with E-state index in [0.29, 0.717) is 12.4 Å². The number of aromatic nitrogens is 1. The number of piperazine rings is 1. The predicted octanol–water partition coefficient (Wildman–Crippen LogP) is 1.93. The fourth-order valence-electron chi connectivity index (χ4n) is 2.99. The van der Waals surface area contributed by atoms with Crippen LogP contribution in [0.25, 0.3) is 0 Å². The number of pyridine rings is 1. The van der Waals surface area contributed by atoms with Crippen LogP contribution < -0.4 is 10.1 Å². The molecule has 3 rings (SSSR count). The summed E-state index contributed by atoms with van der Waals surface area (Å²) in [6.45, 7) is 4.04. The molecule has 1 N–H and O–H groups in total. The van der Waals surface area contributed by atoms with Gasteiger partial charge in [-0.2, -0.15) is 0 Å². The molecule has 2 aromatic rings. The largest absolute Gasteiger partial charge is 0.492 e. The van der Waals surface area contributed by atoms with Crippen LogP contribution in [0.1, 0.15) is 11.6 Å². The summed E-state index contributed by atoms with van der Waals surface area (Å²) in [5, 5.41) is 3.42. The SMILES string of the molecule is CS(=O)(=O)c1cccc(OCCN2CCNCC2c2cccnc2)c1.Cl. The summed E-state index contributed by atoms with van der Waals surface area (Å²) >= 11 is 0. The van der Waals surface area contributed by atoms with Gasteiger partial charge >= 0.3 is 0 Å². The number of nitrogens with zero attached hydrogens (tertiary/aromatic N) is 2. The summed E-state index contributed by atoms with van der Waals surface area (Å²) in [6, 6.07) is 11.0. The first-order valence-electron chi connectivity index (χ1n) is 8.31. The zero-order chi connectivity index (χ0) is 17.7. The number of nitrogens with one attached hydrogen (secondary N) is 1. The lowest BCUT2D eigenvalue weighted by atomic mass is 10.1. The van der Waals surface area contributed by atoms with E-state index in [4.69, 9.17) is 4.74 Å². The summed E-state index contributed by atoms with van der Waals surface area (Å²) in [6.07, 6.45) is 4.88. The average molecular weight is 398 g/mol. The molecule has 0 radical (unpaired) electrons. The van der Waals surface area contributed by atoms with E-state index in [1.54, 1.807) is 30.5 Å². The molecule has 142 valence electrons. The third-order valence-corrected chi connectivity index (χ3v) is 5.41. The monoisotopic (exact) mass is 397 g/mol. The standard InChI is InChI=1S/C18H23N3O3S.ClH/c1-25(22,23)17-6-2-5-16(12-17)24-11-10-21-9-8-20-14-18(21)15-4-3-7-19-13-15;/h2-7,12-13,18,20H,8-11,14H2,1H3;1H. The number of benzene rings is 1. The minimum Gasteiger partial charge on any atom is -0.492 e. The van der Waals surface area contributed by atoms with Crippen LogP contribution in [0.5, 0.6) is 5.75 Å². The van der Waals surface area contributed by atoms with E-state index in [9.17, 15) is 8.42 Å². The summed E-state index contributed by atoms with van der Waals surface area (Å²) < 4.78 is 29.0. The van der Waals surface area contributed by atoms with Crippen molar-refractivity contribution in [1.82, 2.24) is 15.2 Å². The van der Waals surface area contributed by atoms with E-state index in [1.165, 1.54) is 11.8 Å². The Morgan fingerprint density at radius 1 is 1.31 bits per heavy atom. The van der Waals surface area contributed by atoms with Gasteiger partial charge in [-0.15, -0.1) is 12.4 Å². The minimum atomic E-state index is -3.22. The van der Waals surface area contributed by atoms with Crippen molar-refractivity contribution in [2.24, 2.45) is 0 Å². The van der Waals surface area contributed by atoms with Crippen LogP contribution >= 0.6 is 12.4 Å². The van der Waals surface area contributed by atoms with Gasteiger partial charge in [-0.05, 0) is 29.8 Å². The Balaban J connectivity index is 0.00000243. The molecule has 1 aliphatic heterocycles. The van der Waals surface area contributed by atoms with Crippen molar-refractivity contribution in [3.63, 3.8) is 0 Å². The van der Waals surface area contributed by atoms with Crippen LogP contribution in [0.4, 0.5) is 0 Å². The molecule has 6 nitrogen and oxygen atoms in total. The smallest absolute Gasteiger partial charge is 0.175 e. The molecule has 1 aliphatic rings. The molecule has 0 spiro atoms. The maximum absolute atomic E-state index is 11.6. The van der Waals surface area contributed by atoms with Gasteiger partial charge in [0.1, 0.15) is 12.4 Å². The lowest BCUT2D eigenvalue weighted by Crippen LogP contribution is -2.47. The molecule has 1 atom stereocenters. The molecule has 1 saturated heterocycles. The molecular formula is C18H24ClN3O3S. The van der Waals surface area contributed by atoms with Gasteiger partial charge in [0.05, 0.1) is 4.90 Å². The maximum atomic E-state index is 11.6. The molecule has 2 heterocycles. The Labute approximate surface area is 160 Å². The number of rotatable bonds is 6. The van der Waals surface area contributed by atoms with Gasteiger partial charge in [0.2, 0.25) is 0 Å². The first-order chi connectivity index (χ1) is 12.0. The first-order valence-corrected chi connectivity index (χ1v) is 10.2. The molecule has 0 saturated carbocycles. The number of hydrogen-bond donors (Lipinski definition) is 1. The quantitative estimate of drug-likeness (QED) is 0.803. The molecular weight excluding hydrogens is 374 g/mol. The molecule has 0 aliphatic carbocycles. The van der Waals surface area contributed by atoms with Gasteiger partial charge in [0, 0.05) is 50.9 Å². The third kappa shape index (κ3) is 5.41. The number of ether oxygens (including phenoxy) is 1. The topological polar surface area (TPSA) is 71.5 Å². The van der Waals surface area contributed by atoms with Crippen molar-refractivity contribution >= 4 is 22.2 Å². The van der Waals surface area contributed by atoms with Crippen molar-refractivity contribution in [3.8, 4) is 5.75 Å². The van der Waals surface area contributed by atoms with Crippen molar-refractivity contribution in [2.75, 3.05) is 39.0 Å². The molecule has 8 heteroatoms. The Kier molecular flexibility index (Phi) is 7.40. The highest BCUT2D eigenvalue weighted by molar-refractivity contribution is 7.90. The number of halogens is 1. The van der Waals surface area contributed by atoms with Gasteiger partial charge < -0.3 is 10.1 Å². The van der Waals surface area contributed by atoms with Crippen molar-refractivity contribution in [1.29, 1.82) is 0 Å². The van der Waals surface area contributed by atoms with Crippen LogP contribution in [-0.4, -0.2) is 57.3 Å². The van der Waals surface area contributed by atoms with Crippen LogP contribution in [0.15, 0.2) is 53.7 Å². The summed E-state index contributed by atoms with van der Waals surface area (Å²) in [5.74, 6) is 0.580. The van der Waals surface area contributed by atoms with Crippen molar-refractivity contribution < 1.29 is 13.2 Å². The lowest BCUT2D eigenvalue weighted by Gasteiger charge is -2.36.